The van der Waals surface area contributed by atoms with E-state index < -0.39 is 24.0 Å². The quantitative estimate of drug-likeness (QED) is 0.827. The predicted molar refractivity (Wildman–Crippen MR) is 94.2 cm³/mol. The van der Waals surface area contributed by atoms with Gasteiger partial charge in [-0.2, -0.15) is 5.26 Å². The van der Waals surface area contributed by atoms with Gasteiger partial charge in [0.1, 0.15) is 5.54 Å². The van der Waals surface area contributed by atoms with E-state index in [4.69, 9.17) is 4.74 Å². The third kappa shape index (κ3) is 3.64. The van der Waals surface area contributed by atoms with Gasteiger partial charge >= 0.3 is 5.97 Å². The number of nitriles is 1. The summed E-state index contributed by atoms with van der Waals surface area (Å²) in [6, 6.07) is 7.02. The predicted octanol–water partition coefficient (Wildman–Crippen LogP) is 2.21. The first-order valence-corrected chi connectivity index (χ1v) is 8.47. The Bertz CT molecular complexity index is 930. The Labute approximate surface area is 151 Å². The summed E-state index contributed by atoms with van der Waals surface area (Å²) in [7, 11) is 0. The highest BCUT2D eigenvalue weighted by Crippen LogP contribution is 2.39. The number of benzene rings is 1. The second kappa shape index (κ2) is 6.71. The Morgan fingerprint density at radius 1 is 1.27 bits per heavy atom. The maximum atomic E-state index is 12.2. The van der Waals surface area contributed by atoms with Gasteiger partial charge < -0.3 is 10.1 Å². The number of esters is 1. The molecule has 7 nitrogen and oxygen atoms in total. The summed E-state index contributed by atoms with van der Waals surface area (Å²) >= 11 is 0. The van der Waals surface area contributed by atoms with E-state index >= 15 is 0 Å². The zero-order chi connectivity index (χ0) is 18.9. The average Bonchev–Trinajstić information content (AvgIpc) is 3.46. The minimum Gasteiger partial charge on any atom is -0.452 e. The van der Waals surface area contributed by atoms with Crippen LogP contribution in [0.15, 0.2) is 18.2 Å². The lowest BCUT2D eigenvalue weighted by Crippen LogP contribution is -2.48. The summed E-state index contributed by atoms with van der Waals surface area (Å²) in [4.78, 5) is 33.1. The summed E-state index contributed by atoms with van der Waals surface area (Å²) in [5, 5.41) is 11.9. The first kappa shape index (κ1) is 17.8. The van der Waals surface area contributed by atoms with E-state index in [-0.39, 0.29) is 5.92 Å². The summed E-state index contributed by atoms with van der Waals surface area (Å²) in [5.41, 5.74) is 2.30. The van der Waals surface area contributed by atoms with Gasteiger partial charge in [-0.25, -0.2) is 14.8 Å². The van der Waals surface area contributed by atoms with Crippen molar-refractivity contribution >= 4 is 22.9 Å². The van der Waals surface area contributed by atoms with Crippen LogP contribution in [0.1, 0.15) is 41.5 Å². The van der Waals surface area contributed by atoms with Crippen LogP contribution in [0, 0.1) is 31.1 Å². The van der Waals surface area contributed by atoms with Crippen molar-refractivity contribution in [2.75, 3.05) is 6.61 Å². The van der Waals surface area contributed by atoms with Gasteiger partial charge in [0, 0.05) is 0 Å². The van der Waals surface area contributed by atoms with Crippen LogP contribution < -0.4 is 5.32 Å². The molecule has 1 saturated carbocycles. The molecule has 1 heterocycles. The van der Waals surface area contributed by atoms with Crippen molar-refractivity contribution in [2.24, 2.45) is 5.92 Å². The maximum absolute atomic E-state index is 12.2. The van der Waals surface area contributed by atoms with Crippen LogP contribution in [0.4, 0.5) is 0 Å². The number of nitrogens with zero attached hydrogens (tertiary/aromatic N) is 3. The molecule has 1 aliphatic rings. The molecule has 7 heteroatoms. The molecule has 1 aromatic carbocycles. The number of nitrogens with one attached hydrogen (secondary N) is 1. The van der Waals surface area contributed by atoms with E-state index in [0.717, 1.165) is 24.2 Å². The maximum Gasteiger partial charge on any atom is 0.338 e. The first-order chi connectivity index (χ1) is 12.3. The van der Waals surface area contributed by atoms with Gasteiger partial charge in [-0.15, -0.1) is 0 Å². The highest BCUT2D eigenvalue weighted by molar-refractivity contribution is 5.94. The highest BCUT2D eigenvalue weighted by atomic mass is 16.5. The number of hydrogen-bond donors (Lipinski definition) is 1. The monoisotopic (exact) mass is 352 g/mol. The topological polar surface area (TPSA) is 105 Å². The van der Waals surface area contributed by atoms with Crippen molar-refractivity contribution in [3.63, 3.8) is 0 Å². The standard InChI is InChI=1S/C19H20N4O3/c1-11-12(2)22-16-8-13(4-7-15(16)21-11)18(25)26-9-17(24)23-19(3,10-20)14-5-6-14/h4,7-8,14H,5-6,9H2,1-3H3,(H,23,24). The smallest absolute Gasteiger partial charge is 0.338 e. The molecule has 0 aliphatic heterocycles. The second-order valence-corrected chi connectivity index (χ2v) is 6.81. The molecule has 1 atom stereocenters. The van der Waals surface area contributed by atoms with E-state index in [1.54, 1.807) is 25.1 Å². The van der Waals surface area contributed by atoms with Gasteiger partial charge in [-0.3, -0.25) is 4.79 Å². The largest absolute Gasteiger partial charge is 0.452 e. The van der Waals surface area contributed by atoms with Crippen LogP contribution in [0.25, 0.3) is 11.0 Å². The molecule has 3 rings (SSSR count). The molecule has 1 unspecified atom stereocenters. The Hall–Kier alpha value is -3.01. The molecule has 1 N–H and O–H groups in total. The van der Waals surface area contributed by atoms with Crippen LogP contribution in [0.2, 0.25) is 0 Å². The number of aromatic nitrogens is 2. The normalized spacial score (nSPS) is 15.8. The molecular formula is C19H20N4O3. The molecule has 1 aromatic heterocycles. The highest BCUT2D eigenvalue weighted by Gasteiger charge is 2.43. The lowest BCUT2D eigenvalue weighted by Gasteiger charge is -2.22. The van der Waals surface area contributed by atoms with Crippen molar-refractivity contribution < 1.29 is 14.3 Å². The number of carbonyl (C=O) groups excluding carboxylic acids is 2. The van der Waals surface area contributed by atoms with Crippen molar-refractivity contribution in [3.05, 3.63) is 35.2 Å². The third-order valence-electron chi connectivity index (χ3n) is 4.67. The molecule has 0 spiro atoms. The van der Waals surface area contributed by atoms with Gasteiger partial charge in [-0.05, 0) is 57.7 Å². The van der Waals surface area contributed by atoms with Gasteiger partial charge in [0.2, 0.25) is 0 Å². The van der Waals surface area contributed by atoms with E-state index in [1.807, 2.05) is 13.8 Å². The minimum atomic E-state index is -0.905. The Balaban J connectivity index is 1.64. The summed E-state index contributed by atoms with van der Waals surface area (Å²) in [6.45, 7) is 4.98. The molecule has 134 valence electrons. The number of hydrogen-bond acceptors (Lipinski definition) is 6. The molecule has 1 aliphatic carbocycles. The van der Waals surface area contributed by atoms with Crippen LogP contribution in [0.3, 0.4) is 0 Å². The fraction of sp³-hybridized carbons (Fsp3) is 0.421. The van der Waals surface area contributed by atoms with Gasteiger partial charge in [0.15, 0.2) is 6.61 Å². The molecule has 0 saturated heterocycles. The Morgan fingerprint density at radius 2 is 1.92 bits per heavy atom. The van der Waals surface area contributed by atoms with E-state index in [2.05, 4.69) is 21.4 Å². The lowest BCUT2D eigenvalue weighted by molar-refractivity contribution is -0.125. The van der Waals surface area contributed by atoms with Gasteiger partial charge in [0.05, 0.1) is 34.1 Å². The number of ether oxygens (including phenoxy) is 1. The first-order valence-electron chi connectivity index (χ1n) is 8.47. The number of carbonyl (C=O) groups is 2. The fourth-order valence-corrected chi connectivity index (χ4v) is 2.78. The zero-order valence-corrected chi connectivity index (χ0v) is 15.0. The SMILES string of the molecule is Cc1nc2ccc(C(=O)OCC(=O)NC(C)(C#N)C3CC3)cc2nc1C. The Kier molecular flexibility index (Phi) is 4.60. The lowest BCUT2D eigenvalue weighted by atomic mass is 9.98. The van der Waals surface area contributed by atoms with Crippen LogP contribution in [-0.4, -0.2) is 34.0 Å². The van der Waals surface area contributed by atoms with Crippen LogP contribution >= 0.6 is 0 Å². The molecular weight excluding hydrogens is 332 g/mol. The van der Waals surface area contributed by atoms with Crippen molar-refractivity contribution in [3.8, 4) is 6.07 Å². The van der Waals surface area contributed by atoms with E-state index in [0.29, 0.717) is 16.6 Å². The zero-order valence-electron chi connectivity index (χ0n) is 15.0. The summed E-state index contributed by atoms with van der Waals surface area (Å²) in [6.07, 6.45) is 1.84. The minimum absolute atomic E-state index is 0.165. The van der Waals surface area contributed by atoms with Crippen LogP contribution in [-0.2, 0) is 9.53 Å². The van der Waals surface area contributed by atoms with Crippen LogP contribution in [0.5, 0.6) is 0 Å². The average molecular weight is 352 g/mol. The number of amides is 1. The number of rotatable bonds is 5. The Morgan fingerprint density at radius 3 is 2.54 bits per heavy atom. The van der Waals surface area contributed by atoms with E-state index in [1.165, 1.54) is 0 Å². The molecule has 1 amide bonds. The third-order valence-corrected chi connectivity index (χ3v) is 4.67. The number of aryl methyl sites for hydroxylation is 2. The number of fused-ring (bicyclic) bond motifs is 1. The second-order valence-electron chi connectivity index (χ2n) is 6.81. The van der Waals surface area contributed by atoms with E-state index in [9.17, 15) is 14.9 Å². The molecule has 2 aromatic rings. The molecule has 0 bridgehead atoms. The molecule has 0 radical (unpaired) electrons. The molecule has 1 fully saturated rings. The van der Waals surface area contributed by atoms with Crippen molar-refractivity contribution in [1.82, 2.24) is 15.3 Å². The van der Waals surface area contributed by atoms with Gasteiger partial charge in [-0.1, -0.05) is 0 Å². The summed E-state index contributed by atoms with van der Waals surface area (Å²) in [5.74, 6) is -0.938. The molecule has 26 heavy (non-hydrogen) atoms. The summed E-state index contributed by atoms with van der Waals surface area (Å²) < 4.78 is 5.07. The van der Waals surface area contributed by atoms with Crippen molar-refractivity contribution in [1.29, 1.82) is 5.26 Å². The fourth-order valence-electron chi connectivity index (χ4n) is 2.78. The van der Waals surface area contributed by atoms with Crippen molar-refractivity contribution in [2.45, 2.75) is 39.2 Å². The van der Waals surface area contributed by atoms with Gasteiger partial charge in [0.25, 0.3) is 5.91 Å².